The molecule has 1 aliphatic rings. The second-order valence-electron chi connectivity index (χ2n) is 6.71. The average molecular weight is 368 g/mol. The number of fused-ring (bicyclic) bond motifs is 2. The van der Waals surface area contributed by atoms with Crippen molar-refractivity contribution in [2.24, 2.45) is 0 Å². The molecule has 0 spiro atoms. The van der Waals surface area contributed by atoms with Gasteiger partial charge in [-0.2, -0.15) is 0 Å². The van der Waals surface area contributed by atoms with Crippen molar-refractivity contribution in [1.82, 2.24) is 29.0 Å². The van der Waals surface area contributed by atoms with Crippen LogP contribution in [0.3, 0.4) is 0 Å². The van der Waals surface area contributed by atoms with Crippen molar-refractivity contribution < 1.29 is 0 Å². The smallest absolute Gasteiger partial charge is 0.241 e. The molecule has 132 valence electrons. The molecule has 0 atom stereocenters. The molecule has 0 radical (unpaired) electrons. The molecular weight excluding hydrogens is 350 g/mol. The van der Waals surface area contributed by atoms with E-state index in [0.29, 0.717) is 22.9 Å². The van der Waals surface area contributed by atoms with Crippen molar-refractivity contribution in [3.8, 4) is 11.1 Å². The van der Waals surface area contributed by atoms with Crippen LogP contribution in [0.1, 0.15) is 32.1 Å². The average Bonchev–Trinajstić information content (AvgIpc) is 3.26. The molecular formula is C18H18ClN7. The fourth-order valence-electron chi connectivity index (χ4n) is 3.62. The van der Waals surface area contributed by atoms with Crippen molar-refractivity contribution in [3.05, 3.63) is 42.2 Å². The standard InChI is InChI=1S/C18H18ClN7/c19-16-10-22-18-21-8-12(11-25(16)18)14-6-7-26-15(14)9-20-17(24-26)23-13-4-2-1-3-5-13/h6-11,13H,1-5H2,(H,23,24). The monoisotopic (exact) mass is 367 g/mol. The summed E-state index contributed by atoms with van der Waals surface area (Å²) in [5.74, 6) is 1.26. The number of nitrogens with zero attached hydrogens (tertiary/aromatic N) is 6. The van der Waals surface area contributed by atoms with Gasteiger partial charge in [-0.15, -0.1) is 5.10 Å². The van der Waals surface area contributed by atoms with Gasteiger partial charge in [0, 0.05) is 35.8 Å². The molecule has 4 aromatic heterocycles. The van der Waals surface area contributed by atoms with Gasteiger partial charge < -0.3 is 5.32 Å². The highest BCUT2D eigenvalue weighted by Gasteiger charge is 2.15. The molecule has 5 rings (SSSR count). The van der Waals surface area contributed by atoms with Crippen LogP contribution in [0, 0.1) is 0 Å². The van der Waals surface area contributed by atoms with E-state index in [2.05, 4.69) is 25.4 Å². The lowest BCUT2D eigenvalue weighted by molar-refractivity contribution is 0.460. The minimum absolute atomic E-state index is 0.478. The van der Waals surface area contributed by atoms with Crippen LogP contribution < -0.4 is 5.32 Å². The Morgan fingerprint density at radius 2 is 1.88 bits per heavy atom. The van der Waals surface area contributed by atoms with Crippen LogP contribution in [-0.2, 0) is 0 Å². The zero-order valence-corrected chi connectivity index (χ0v) is 14.9. The topological polar surface area (TPSA) is 72.4 Å². The van der Waals surface area contributed by atoms with Crippen molar-refractivity contribution in [2.75, 3.05) is 5.32 Å². The molecule has 1 saturated carbocycles. The Kier molecular flexibility index (Phi) is 3.74. The van der Waals surface area contributed by atoms with Gasteiger partial charge in [-0.25, -0.2) is 19.5 Å². The molecule has 1 aliphatic carbocycles. The minimum Gasteiger partial charge on any atom is -0.350 e. The first-order valence-corrected chi connectivity index (χ1v) is 9.26. The number of halogens is 1. The first kappa shape index (κ1) is 15.6. The van der Waals surface area contributed by atoms with Crippen LogP contribution >= 0.6 is 11.6 Å². The Labute approximate surface area is 155 Å². The number of hydrogen-bond acceptors (Lipinski definition) is 5. The summed E-state index contributed by atoms with van der Waals surface area (Å²) in [6, 6.07) is 2.49. The summed E-state index contributed by atoms with van der Waals surface area (Å²) in [7, 11) is 0. The molecule has 0 unspecified atom stereocenters. The van der Waals surface area contributed by atoms with E-state index in [1.165, 1.54) is 32.1 Å². The van der Waals surface area contributed by atoms with Crippen molar-refractivity contribution in [3.63, 3.8) is 0 Å². The number of nitrogens with one attached hydrogen (secondary N) is 1. The predicted molar refractivity (Wildman–Crippen MR) is 100 cm³/mol. The van der Waals surface area contributed by atoms with Crippen LogP contribution in [0.15, 0.2) is 37.1 Å². The lowest BCUT2D eigenvalue weighted by Crippen LogP contribution is -2.23. The normalized spacial score (nSPS) is 15.7. The van der Waals surface area contributed by atoms with Gasteiger partial charge in [0.05, 0.1) is 17.9 Å². The van der Waals surface area contributed by atoms with Crippen molar-refractivity contribution >= 4 is 28.8 Å². The summed E-state index contributed by atoms with van der Waals surface area (Å²) in [5.41, 5.74) is 2.88. The van der Waals surface area contributed by atoms with E-state index < -0.39 is 0 Å². The van der Waals surface area contributed by atoms with E-state index in [1.54, 1.807) is 16.8 Å². The summed E-state index contributed by atoms with van der Waals surface area (Å²) in [4.78, 5) is 13.0. The number of hydrogen-bond donors (Lipinski definition) is 1. The third kappa shape index (κ3) is 2.68. The molecule has 7 nitrogen and oxygen atoms in total. The molecule has 0 aliphatic heterocycles. The third-order valence-corrected chi connectivity index (χ3v) is 5.27. The van der Waals surface area contributed by atoms with E-state index >= 15 is 0 Å². The number of anilines is 1. The quantitative estimate of drug-likeness (QED) is 0.595. The summed E-state index contributed by atoms with van der Waals surface area (Å²) in [6.45, 7) is 0. The van der Waals surface area contributed by atoms with Crippen LogP contribution in [0.5, 0.6) is 0 Å². The Morgan fingerprint density at radius 1 is 1.04 bits per heavy atom. The maximum atomic E-state index is 6.16. The molecule has 0 saturated heterocycles. The number of imidazole rings is 1. The van der Waals surface area contributed by atoms with Crippen LogP contribution in [0.2, 0.25) is 5.15 Å². The Morgan fingerprint density at radius 3 is 2.77 bits per heavy atom. The van der Waals surface area contributed by atoms with Gasteiger partial charge in [0.1, 0.15) is 5.15 Å². The van der Waals surface area contributed by atoms with Crippen LogP contribution in [0.25, 0.3) is 22.4 Å². The van der Waals surface area contributed by atoms with Crippen molar-refractivity contribution in [1.29, 1.82) is 0 Å². The molecule has 0 bridgehead atoms. The molecule has 1 N–H and O–H groups in total. The van der Waals surface area contributed by atoms with Gasteiger partial charge in [0.15, 0.2) is 0 Å². The predicted octanol–water partition coefficient (Wildman–Crippen LogP) is 3.84. The maximum Gasteiger partial charge on any atom is 0.241 e. The highest BCUT2D eigenvalue weighted by Crippen LogP contribution is 2.26. The summed E-state index contributed by atoms with van der Waals surface area (Å²) >= 11 is 6.16. The third-order valence-electron chi connectivity index (χ3n) is 4.99. The molecule has 0 aromatic carbocycles. The Hall–Kier alpha value is -2.67. The number of aromatic nitrogens is 6. The largest absolute Gasteiger partial charge is 0.350 e. The molecule has 8 heteroatoms. The highest BCUT2D eigenvalue weighted by molar-refractivity contribution is 6.29. The molecule has 1 fully saturated rings. The first-order valence-electron chi connectivity index (χ1n) is 8.88. The summed E-state index contributed by atoms with van der Waals surface area (Å²) in [5, 5.41) is 8.61. The van der Waals surface area contributed by atoms with E-state index in [4.69, 9.17) is 11.6 Å². The van der Waals surface area contributed by atoms with E-state index in [0.717, 1.165) is 16.6 Å². The van der Waals surface area contributed by atoms with Gasteiger partial charge in [-0.1, -0.05) is 30.9 Å². The SMILES string of the molecule is Clc1cnc2ncc(-c3ccn4nc(NC5CCCCC5)ncc34)cn12. The minimum atomic E-state index is 0.478. The lowest BCUT2D eigenvalue weighted by atomic mass is 9.96. The van der Waals surface area contributed by atoms with E-state index in [9.17, 15) is 0 Å². The highest BCUT2D eigenvalue weighted by atomic mass is 35.5. The molecule has 4 aromatic rings. The fourth-order valence-corrected chi connectivity index (χ4v) is 3.80. The number of rotatable bonds is 3. The van der Waals surface area contributed by atoms with Crippen molar-refractivity contribution in [2.45, 2.75) is 38.1 Å². The van der Waals surface area contributed by atoms with E-state index in [1.807, 2.05) is 29.2 Å². The van der Waals surface area contributed by atoms with Crippen LogP contribution in [0.4, 0.5) is 5.95 Å². The van der Waals surface area contributed by atoms with E-state index in [-0.39, 0.29) is 0 Å². The van der Waals surface area contributed by atoms with Crippen LogP contribution in [-0.4, -0.2) is 35.0 Å². The Bertz CT molecular complexity index is 1080. The van der Waals surface area contributed by atoms with Gasteiger partial charge in [0.25, 0.3) is 0 Å². The van der Waals surface area contributed by atoms with Gasteiger partial charge in [-0.05, 0) is 18.9 Å². The second kappa shape index (κ2) is 6.25. The van der Waals surface area contributed by atoms with Gasteiger partial charge in [-0.3, -0.25) is 4.40 Å². The summed E-state index contributed by atoms with van der Waals surface area (Å²) < 4.78 is 3.62. The van der Waals surface area contributed by atoms with Gasteiger partial charge in [0.2, 0.25) is 11.7 Å². The first-order chi connectivity index (χ1) is 12.8. The Balaban J connectivity index is 1.49. The molecule has 26 heavy (non-hydrogen) atoms. The summed E-state index contributed by atoms with van der Waals surface area (Å²) in [6.07, 6.45) is 15.4. The zero-order chi connectivity index (χ0) is 17.5. The maximum absolute atomic E-state index is 6.16. The lowest BCUT2D eigenvalue weighted by Gasteiger charge is -2.22. The fraction of sp³-hybridized carbons (Fsp3) is 0.333. The van der Waals surface area contributed by atoms with Gasteiger partial charge >= 0.3 is 0 Å². The molecule has 4 heterocycles. The molecule has 0 amide bonds. The zero-order valence-electron chi connectivity index (χ0n) is 14.1. The second-order valence-corrected chi connectivity index (χ2v) is 7.10.